The number of esters is 1. The number of carbonyl (C=O) groups excluding carboxylic acids is 3. The smallest absolute Gasteiger partial charge is 0.337 e. The fourth-order valence-corrected chi connectivity index (χ4v) is 3.85. The van der Waals surface area contributed by atoms with Crippen molar-refractivity contribution < 1.29 is 23.9 Å². The molecule has 178 valence electrons. The number of hydrogen-bond donors (Lipinski definition) is 2. The number of aromatic nitrogens is 3. The molecule has 0 unspecified atom stereocenters. The summed E-state index contributed by atoms with van der Waals surface area (Å²) >= 11 is 1.22. The van der Waals surface area contributed by atoms with Gasteiger partial charge in [0.1, 0.15) is 11.6 Å². The number of rotatable bonds is 10. The molecule has 34 heavy (non-hydrogen) atoms. The average Bonchev–Trinajstić information content (AvgIpc) is 3.24. The normalized spacial score (nSPS) is 10.4. The van der Waals surface area contributed by atoms with Crippen LogP contribution in [0.2, 0.25) is 0 Å². The van der Waals surface area contributed by atoms with E-state index in [1.165, 1.54) is 18.9 Å². The number of anilines is 2. The van der Waals surface area contributed by atoms with Gasteiger partial charge in [-0.1, -0.05) is 11.8 Å². The summed E-state index contributed by atoms with van der Waals surface area (Å²) in [6, 6.07) is 13.4. The zero-order valence-corrected chi connectivity index (χ0v) is 19.8. The summed E-state index contributed by atoms with van der Waals surface area (Å²) in [7, 11) is 2.89. The standard InChI is InChI=1S/C23H25N5O5S/c1-4-28-19(13-20(29)24-17-9-11-18(32-2)12-10-17)26-27-23(28)34-14-21(30)25-16-7-5-15(6-8-16)22(31)33-3/h5-12H,4,13-14H2,1-3H3,(H,24,29)(H,25,30). The second-order valence-electron chi connectivity index (χ2n) is 7.00. The molecule has 0 fully saturated rings. The first-order valence-corrected chi connectivity index (χ1v) is 11.4. The zero-order chi connectivity index (χ0) is 24.5. The monoisotopic (exact) mass is 483 g/mol. The Morgan fingerprint density at radius 1 is 0.912 bits per heavy atom. The van der Waals surface area contributed by atoms with Gasteiger partial charge >= 0.3 is 5.97 Å². The molecule has 2 amide bonds. The highest BCUT2D eigenvalue weighted by atomic mass is 32.2. The summed E-state index contributed by atoms with van der Waals surface area (Å²) in [5.74, 6) is 0.412. The van der Waals surface area contributed by atoms with Gasteiger partial charge in [-0.3, -0.25) is 9.59 Å². The molecule has 0 aliphatic rings. The number of ether oxygens (including phenoxy) is 2. The van der Waals surface area contributed by atoms with Crippen LogP contribution in [0.4, 0.5) is 11.4 Å². The maximum Gasteiger partial charge on any atom is 0.337 e. The minimum atomic E-state index is -0.444. The van der Waals surface area contributed by atoms with Gasteiger partial charge in [0.05, 0.1) is 32.0 Å². The predicted octanol–water partition coefficient (Wildman–Crippen LogP) is 3.01. The third-order valence-electron chi connectivity index (χ3n) is 4.72. The van der Waals surface area contributed by atoms with Gasteiger partial charge < -0.3 is 24.7 Å². The van der Waals surface area contributed by atoms with Crippen LogP contribution in [0.5, 0.6) is 5.75 Å². The summed E-state index contributed by atoms with van der Waals surface area (Å²) in [5, 5.41) is 14.4. The Hall–Kier alpha value is -3.86. The number of thioether (sulfide) groups is 1. The fraction of sp³-hybridized carbons (Fsp3) is 0.261. The van der Waals surface area contributed by atoms with Crippen LogP contribution in [0.1, 0.15) is 23.1 Å². The van der Waals surface area contributed by atoms with Crippen LogP contribution in [-0.4, -0.2) is 52.5 Å². The zero-order valence-electron chi connectivity index (χ0n) is 19.0. The van der Waals surface area contributed by atoms with Crippen LogP contribution in [-0.2, 0) is 27.3 Å². The van der Waals surface area contributed by atoms with Crippen molar-refractivity contribution in [3.63, 3.8) is 0 Å². The molecule has 0 radical (unpaired) electrons. The number of methoxy groups -OCH3 is 2. The Bertz CT molecular complexity index is 1150. The van der Waals surface area contributed by atoms with Crippen LogP contribution >= 0.6 is 11.8 Å². The van der Waals surface area contributed by atoms with E-state index in [1.807, 2.05) is 6.92 Å². The van der Waals surface area contributed by atoms with E-state index >= 15 is 0 Å². The number of amides is 2. The molecule has 0 saturated heterocycles. The molecule has 3 aromatic rings. The van der Waals surface area contributed by atoms with Crippen LogP contribution in [0.15, 0.2) is 53.7 Å². The quantitative estimate of drug-likeness (QED) is 0.333. The number of benzene rings is 2. The first-order valence-electron chi connectivity index (χ1n) is 10.4. The molecule has 0 atom stereocenters. The molecule has 1 aromatic heterocycles. The highest BCUT2D eigenvalue weighted by Crippen LogP contribution is 2.19. The molecule has 0 saturated carbocycles. The number of hydrogen-bond acceptors (Lipinski definition) is 8. The summed E-state index contributed by atoms with van der Waals surface area (Å²) in [6.45, 7) is 2.47. The molecule has 0 bridgehead atoms. The molecule has 10 nitrogen and oxygen atoms in total. The van der Waals surface area contributed by atoms with E-state index in [-0.39, 0.29) is 24.0 Å². The maximum absolute atomic E-state index is 12.4. The Kier molecular flexibility index (Phi) is 8.63. The van der Waals surface area contributed by atoms with Gasteiger partial charge in [-0.05, 0) is 55.5 Å². The lowest BCUT2D eigenvalue weighted by molar-refractivity contribution is -0.116. The second-order valence-corrected chi connectivity index (χ2v) is 7.94. The largest absolute Gasteiger partial charge is 0.497 e. The van der Waals surface area contributed by atoms with E-state index < -0.39 is 5.97 Å². The van der Waals surface area contributed by atoms with Crippen LogP contribution in [0.3, 0.4) is 0 Å². The van der Waals surface area contributed by atoms with Crippen LogP contribution in [0.25, 0.3) is 0 Å². The average molecular weight is 484 g/mol. The lowest BCUT2D eigenvalue weighted by Crippen LogP contribution is -2.18. The van der Waals surface area contributed by atoms with E-state index in [9.17, 15) is 14.4 Å². The van der Waals surface area contributed by atoms with E-state index in [1.54, 1.807) is 60.2 Å². The highest BCUT2D eigenvalue weighted by molar-refractivity contribution is 7.99. The number of nitrogens with one attached hydrogen (secondary N) is 2. The lowest BCUT2D eigenvalue weighted by Gasteiger charge is -2.09. The van der Waals surface area contributed by atoms with Gasteiger partial charge in [0.2, 0.25) is 11.8 Å². The Morgan fingerprint density at radius 3 is 2.12 bits per heavy atom. The molecule has 2 aromatic carbocycles. The van der Waals surface area contributed by atoms with Crippen LogP contribution in [0, 0.1) is 0 Å². The van der Waals surface area contributed by atoms with E-state index in [2.05, 4.69) is 25.6 Å². The Balaban J connectivity index is 1.54. The van der Waals surface area contributed by atoms with E-state index in [4.69, 9.17) is 4.74 Å². The molecule has 11 heteroatoms. The van der Waals surface area contributed by atoms with Crippen molar-refractivity contribution in [1.82, 2.24) is 14.8 Å². The molecular formula is C23H25N5O5S. The third-order valence-corrected chi connectivity index (χ3v) is 5.69. The summed E-state index contributed by atoms with van der Waals surface area (Å²) in [5.41, 5.74) is 1.61. The summed E-state index contributed by atoms with van der Waals surface area (Å²) in [6.07, 6.45) is 0.0478. The van der Waals surface area contributed by atoms with Crippen molar-refractivity contribution in [2.75, 3.05) is 30.6 Å². The van der Waals surface area contributed by atoms with Gasteiger partial charge in [0.25, 0.3) is 0 Å². The Labute approximate surface area is 201 Å². The highest BCUT2D eigenvalue weighted by Gasteiger charge is 2.16. The predicted molar refractivity (Wildman–Crippen MR) is 128 cm³/mol. The van der Waals surface area contributed by atoms with Crippen molar-refractivity contribution in [3.8, 4) is 5.75 Å². The van der Waals surface area contributed by atoms with Gasteiger partial charge in [-0.25, -0.2) is 4.79 Å². The van der Waals surface area contributed by atoms with E-state index in [0.717, 1.165) is 0 Å². The minimum Gasteiger partial charge on any atom is -0.497 e. The maximum atomic E-state index is 12.4. The molecule has 0 aliphatic heterocycles. The van der Waals surface area contributed by atoms with Crippen molar-refractivity contribution >= 4 is 40.9 Å². The van der Waals surface area contributed by atoms with Crippen molar-refractivity contribution in [2.24, 2.45) is 0 Å². The fourth-order valence-electron chi connectivity index (χ4n) is 3.03. The molecule has 0 spiro atoms. The third kappa shape index (κ3) is 6.58. The second kappa shape index (κ2) is 11.8. The van der Waals surface area contributed by atoms with Crippen LogP contribution < -0.4 is 15.4 Å². The Morgan fingerprint density at radius 2 is 1.53 bits per heavy atom. The van der Waals surface area contributed by atoms with E-state index in [0.29, 0.717) is 40.2 Å². The van der Waals surface area contributed by atoms with Crippen molar-refractivity contribution in [1.29, 1.82) is 0 Å². The van der Waals surface area contributed by atoms with Gasteiger partial charge in [0.15, 0.2) is 5.16 Å². The molecule has 1 heterocycles. The van der Waals surface area contributed by atoms with Crippen molar-refractivity contribution in [2.45, 2.75) is 25.0 Å². The van der Waals surface area contributed by atoms with Gasteiger partial charge in [-0.15, -0.1) is 10.2 Å². The SMILES string of the molecule is CCn1c(CC(=O)Nc2ccc(OC)cc2)nnc1SCC(=O)Nc1ccc(C(=O)OC)cc1. The summed E-state index contributed by atoms with van der Waals surface area (Å²) < 4.78 is 11.6. The first kappa shape index (κ1) is 24.8. The lowest BCUT2D eigenvalue weighted by atomic mass is 10.2. The topological polar surface area (TPSA) is 124 Å². The summed E-state index contributed by atoms with van der Waals surface area (Å²) in [4.78, 5) is 36.3. The molecular weight excluding hydrogens is 458 g/mol. The molecule has 2 N–H and O–H groups in total. The number of carbonyl (C=O) groups is 3. The van der Waals surface area contributed by atoms with Gasteiger partial charge in [0, 0.05) is 17.9 Å². The minimum absolute atomic E-state index is 0.0478. The van der Waals surface area contributed by atoms with Gasteiger partial charge in [-0.2, -0.15) is 0 Å². The number of nitrogens with zero attached hydrogens (tertiary/aromatic N) is 3. The molecule has 0 aliphatic carbocycles. The first-order chi connectivity index (χ1) is 16.4. The van der Waals surface area contributed by atoms with Crippen molar-refractivity contribution in [3.05, 3.63) is 59.9 Å². The molecule has 3 rings (SSSR count).